The smallest absolute Gasteiger partial charge is 0.127 e. The fourth-order valence-corrected chi connectivity index (χ4v) is 2.88. The molecule has 21 heavy (non-hydrogen) atoms. The summed E-state index contributed by atoms with van der Waals surface area (Å²) in [5.41, 5.74) is 3.89. The van der Waals surface area contributed by atoms with Crippen LogP contribution in [0.2, 0.25) is 0 Å². The molecule has 4 nitrogen and oxygen atoms in total. The molecular weight excluding hydrogens is 262 g/mol. The van der Waals surface area contributed by atoms with Crippen LogP contribution in [0.25, 0.3) is 0 Å². The highest BCUT2D eigenvalue weighted by Crippen LogP contribution is 2.35. The number of nitrogens with one attached hydrogen (secondary N) is 1. The lowest BCUT2D eigenvalue weighted by Crippen LogP contribution is -2.28. The summed E-state index contributed by atoms with van der Waals surface area (Å²) in [6.45, 7) is 7.11. The van der Waals surface area contributed by atoms with E-state index in [1.165, 1.54) is 16.7 Å². The molecule has 4 heteroatoms. The third-order valence-corrected chi connectivity index (χ3v) is 4.28. The molecule has 0 fully saturated rings. The lowest BCUT2D eigenvalue weighted by molar-refractivity contribution is 0.250. The van der Waals surface area contributed by atoms with E-state index >= 15 is 0 Å². The molecule has 1 aliphatic rings. The minimum atomic E-state index is 0.413. The highest BCUT2D eigenvalue weighted by atomic mass is 16.5. The second-order valence-electron chi connectivity index (χ2n) is 5.72. The maximum absolute atomic E-state index is 5.88. The van der Waals surface area contributed by atoms with Crippen molar-refractivity contribution in [2.45, 2.75) is 39.3 Å². The van der Waals surface area contributed by atoms with E-state index in [0.29, 0.717) is 6.04 Å². The van der Waals surface area contributed by atoms with Gasteiger partial charge in [0, 0.05) is 37.0 Å². The number of hydrogen-bond acceptors (Lipinski definition) is 3. The lowest BCUT2D eigenvalue weighted by atomic mass is 9.95. The Kier molecular flexibility index (Phi) is 4.25. The largest absolute Gasteiger partial charge is 0.493 e. The van der Waals surface area contributed by atoms with Crippen LogP contribution in [-0.4, -0.2) is 22.7 Å². The van der Waals surface area contributed by atoms with E-state index in [1.807, 2.05) is 18.7 Å². The minimum Gasteiger partial charge on any atom is -0.493 e. The summed E-state index contributed by atoms with van der Waals surface area (Å²) < 4.78 is 8.00. The molecule has 0 radical (unpaired) electrons. The molecule has 3 rings (SSSR count). The average Bonchev–Trinajstić information content (AvgIpc) is 3.01. The third-order valence-electron chi connectivity index (χ3n) is 4.28. The van der Waals surface area contributed by atoms with E-state index in [2.05, 4.69) is 40.8 Å². The van der Waals surface area contributed by atoms with Crippen LogP contribution in [0, 0.1) is 13.8 Å². The Labute approximate surface area is 126 Å². The summed E-state index contributed by atoms with van der Waals surface area (Å²) in [6, 6.07) is 4.82. The standard InChI is InChI=1S/C17H23N3O/c1-13-4-5-15-16(6-11-21-17(15)14(13)2)19-7-3-9-20-10-8-18-12-20/h4-5,8,10,12,16,19H,3,6-7,9,11H2,1-2H3. The van der Waals surface area contributed by atoms with Crippen LogP contribution in [0.15, 0.2) is 30.9 Å². The first kappa shape index (κ1) is 14.1. The summed E-state index contributed by atoms with van der Waals surface area (Å²) in [7, 11) is 0. The van der Waals surface area contributed by atoms with Crippen LogP contribution in [-0.2, 0) is 6.54 Å². The van der Waals surface area contributed by atoms with Gasteiger partial charge >= 0.3 is 0 Å². The van der Waals surface area contributed by atoms with Crippen LogP contribution in [0.4, 0.5) is 0 Å². The number of ether oxygens (including phenoxy) is 1. The highest BCUT2D eigenvalue weighted by molar-refractivity contribution is 5.47. The number of rotatable bonds is 5. The maximum Gasteiger partial charge on any atom is 0.127 e. The van der Waals surface area contributed by atoms with Crippen molar-refractivity contribution in [3.63, 3.8) is 0 Å². The van der Waals surface area contributed by atoms with Gasteiger partial charge in [0.2, 0.25) is 0 Å². The van der Waals surface area contributed by atoms with Crippen molar-refractivity contribution in [3.8, 4) is 5.75 Å². The molecule has 1 unspecified atom stereocenters. The average molecular weight is 285 g/mol. The molecule has 1 aliphatic heterocycles. The molecule has 0 saturated carbocycles. The summed E-state index contributed by atoms with van der Waals surface area (Å²) in [6.07, 6.45) is 7.85. The molecule has 1 atom stereocenters. The van der Waals surface area contributed by atoms with Gasteiger partial charge in [-0.1, -0.05) is 12.1 Å². The number of imidazole rings is 1. The minimum absolute atomic E-state index is 0.413. The molecule has 1 N–H and O–H groups in total. The van der Waals surface area contributed by atoms with Crippen LogP contribution >= 0.6 is 0 Å². The van der Waals surface area contributed by atoms with E-state index in [9.17, 15) is 0 Å². The SMILES string of the molecule is Cc1ccc2c(c1C)OCCC2NCCCn1ccnc1. The van der Waals surface area contributed by atoms with Gasteiger partial charge in [-0.25, -0.2) is 4.98 Å². The first-order chi connectivity index (χ1) is 10.3. The first-order valence-corrected chi connectivity index (χ1v) is 7.67. The lowest BCUT2D eigenvalue weighted by Gasteiger charge is -2.28. The first-order valence-electron chi connectivity index (χ1n) is 7.67. The maximum atomic E-state index is 5.88. The number of fused-ring (bicyclic) bond motifs is 1. The summed E-state index contributed by atoms with van der Waals surface area (Å²) in [5, 5.41) is 3.67. The topological polar surface area (TPSA) is 39.1 Å². The Morgan fingerprint density at radius 2 is 2.29 bits per heavy atom. The van der Waals surface area contributed by atoms with Crippen LogP contribution < -0.4 is 10.1 Å². The fraction of sp³-hybridized carbons (Fsp3) is 0.471. The fourth-order valence-electron chi connectivity index (χ4n) is 2.88. The Bertz CT molecular complexity index is 592. The molecule has 112 valence electrons. The molecule has 1 aromatic heterocycles. The number of benzene rings is 1. The summed E-state index contributed by atoms with van der Waals surface area (Å²) in [4.78, 5) is 4.06. The third kappa shape index (κ3) is 3.10. The van der Waals surface area contributed by atoms with Gasteiger partial charge in [0.1, 0.15) is 5.75 Å². The molecule has 0 spiro atoms. The summed E-state index contributed by atoms with van der Waals surface area (Å²) in [5.74, 6) is 1.09. The zero-order valence-electron chi connectivity index (χ0n) is 12.8. The van der Waals surface area contributed by atoms with E-state index < -0.39 is 0 Å². The van der Waals surface area contributed by atoms with Gasteiger partial charge in [-0.3, -0.25) is 0 Å². The van der Waals surface area contributed by atoms with Gasteiger partial charge in [0.15, 0.2) is 0 Å². The number of nitrogens with zero attached hydrogens (tertiary/aromatic N) is 2. The van der Waals surface area contributed by atoms with Crippen molar-refractivity contribution in [2.75, 3.05) is 13.2 Å². The molecule has 0 saturated heterocycles. The van der Waals surface area contributed by atoms with Crippen molar-refractivity contribution < 1.29 is 4.74 Å². The Hall–Kier alpha value is -1.81. The van der Waals surface area contributed by atoms with E-state index in [0.717, 1.165) is 38.3 Å². The van der Waals surface area contributed by atoms with Crippen molar-refractivity contribution in [1.82, 2.24) is 14.9 Å². The van der Waals surface area contributed by atoms with Gasteiger partial charge in [0.05, 0.1) is 12.9 Å². The van der Waals surface area contributed by atoms with E-state index in [-0.39, 0.29) is 0 Å². The molecule has 1 aromatic carbocycles. The van der Waals surface area contributed by atoms with Gasteiger partial charge < -0.3 is 14.6 Å². The predicted molar refractivity (Wildman–Crippen MR) is 83.6 cm³/mol. The van der Waals surface area contributed by atoms with Crippen molar-refractivity contribution >= 4 is 0 Å². The van der Waals surface area contributed by atoms with Crippen molar-refractivity contribution in [2.24, 2.45) is 0 Å². The Balaban J connectivity index is 1.59. The van der Waals surface area contributed by atoms with Gasteiger partial charge in [-0.2, -0.15) is 0 Å². The zero-order valence-corrected chi connectivity index (χ0v) is 12.8. The monoisotopic (exact) mass is 285 g/mol. The molecular formula is C17H23N3O. The molecule has 0 amide bonds. The van der Waals surface area contributed by atoms with Crippen LogP contribution in [0.3, 0.4) is 0 Å². The van der Waals surface area contributed by atoms with Gasteiger partial charge in [-0.15, -0.1) is 0 Å². The second kappa shape index (κ2) is 6.31. The Morgan fingerprint density at radius 1 is 1.38 bits per heavy atom. The zero-order chi connectivity index (χ0) is 14.7. The highest BCUT2D eigenvalue weighted by Gasteiger charge is 2.22. The van der Waals surface area contributed by atoms with Crippen LogP contribution in [0.1, 0.15) is 35.6 Å². The van der Waals surface area contributed by atoms with Crippen molar-refractivity contribution in [1.29, 1.82) is 0 Å². The predicted octanol–water partition coefficient (Wildman–Crippen LogP) is 3.00. The van der Waals surface area contributed by atoms with Gasteiger partial charge in [0.25, 0.3) is 0 Å². The molecule has 2 aromatic rings. The van der Waals surface area contributed by atoms with E-state index in [4.69, 9.17) is 4.74 Å². The van der Waals surface area contributed by atoms with E-state index in [1.54, 1.807) is 0 Å². The number of hydrogen-bond donors (Lipinski definition) is 1. The molecule has 2 heterocycles. The molecule has 0 aliphatic carbocycles. The number of aromatic nitrogens is 2. The number of aryl methyl sites for hydroxylation is 2. The second-order valence-corrected chi connectivity index (χ2v) is 5.72. The van der Waals surface area contributed by atoms with Crippen molar-refractivity contribution in [3.05, 3.63) is 47.5 Å². The summed E-state index contributed by atoms with van der Waals surface area (Å²) >= 11 is 0. The normalized spacial score (nSPS) is 17.3. The van der Waals surface area contributed by atoms with Gasteiger partial charge in [-0.05, 0) is 37.9 Å². The molecule has 0 bridgehead atoms. The Morgan fingerprint density at radius 3 is 3.10 bits per heavy atom. The quantitative estimate of drug-likeness (QED) is 0.858. The van der Waals surface area contributed by atoms with Crippen LogP contribution in [0.5, 0.6) is 5.75 Å².